The van der Waals surface area contributed by atoms with Crippen LogP contribution in [0.3, 0.4) is 0 Å². The Bertz CT molecular complexity index is 1300. The van der Waals surface area contributed by atoms with Crippen molar-refractivity contribution in [1.29, 1.82) is 0 Å². The van der Waals surface area contributed by atoms with Gasteiger partial charge in [0, 0.05) is 17.6 Å². The number of alkyl halides is 3. The summed E-state index contributed by atoms with van der Waals surface area (Å²) in [5, 5.41) is 9.28. The summed E-state index contributed by atoms with van der Waals surface area (Å²) in [6, 6.07) is 13.4. The van der Waals surface area contributed by atoms with Gasteiger partial charge in [-0.3, -0.25) is 4.79 Å². The molecule has 0 radical (unpaired) electrons. The average Bonchev–Trinajstić information content (AvgIpc) is 3.11. The first-order valence-corrected chi connectivity index (χ1v) is 12.6. The molecule has 0 saturated carbocycles. The predicted octanol–water partition coefficient (Wildman–Crippen LogP) is 5.72. The maximum atomic E-state index is 13.8. The minimum Gasteiger partial charge on any atom is -0.325 e. The number of anilines is 3. The first-order valence-electron chi connectivity index (χ1n) is 12.6. The number of carbonyl (C=O) groups is 1. The topological polar surface area (TPSA) is 78.9 Å². The molecule has 0 atom stereocenters. The van der Waals surface area contributed by atoms with Crippen LogP contribution in [0, 0.1) is 0 Å². The molecular formula is C28H30F3N5O. The van der Waals surface area contributed by atoms with Crippen molar-refractivity contribution in [2.24, 2.45) is 0 Å². The van der Waals surface area contributed by atoms with Crippen LogP contribution in [0.5, 0.6) is 0 Å². The molecule has 3 heterocycles. The van der Waals surface area contributed by atoms with Gasteiger partial charge in [-0.25, -0.2) is 9.97 Å². The van der Waals surface area contributed by atoms with Crippen LogP contribution in [0.25, 0.3) is 0 Å². The Morgan fingerprint density at radius 2 is 1.78 bits per heavy atom. The van der Waals surface area contributed by atoms with E-state index in [4.69, 9.17) is 0 Å². The van der Waals surface area contributed by atoms with Crippen LogP contribution in [-0.4, -0.2) is 29.0 Å². The molecule has 2 aliphatic rings. The van der Waals surface area contributed by atoms with Gasteiger partial charge in [0.1, 0.15) is 0 Å². The first-order chi connectivity index (χ1) is 17.6. The first kappa shape index (κ1) is 25.2. The number of nitrogens with one attached hydrogen (secondary N) is 3. The number of nitrogens with zero attached hydrogens (tertiary/aromatic N) is 2. The molecular weight excluding hydrogens is 479 g/mol. The highest BCUT2D eigenvalue weighted by Crippen LogP contribution is 2.40. The lowest BCUT2D eigenvalue weighted by Crippen LogP contribution is -2.27. The fourth-order valence-corrected chi connectivity index (χ4v) is 5.32. The molecule has 9 heteroatoms. The summed E-state index contributed by atoms with van der Waals surface area (Å²) in [6.07, 6.45) is -1.18. The Morgan fingerprint density at radius 3 is 2.49 bits per heavy atom. The number of aromatic nitrogens is 2. The van der Waals surface area contributed by atoms with Crippen LogP contribution in [0.2, 0.25) is 0 Å². The maximum absolute atomic E-state index is 13.8. The second-order valence-electron chi connectivity index (χ2n) is 10.2. The van der Waals surface area contributed by atoms with Gasteiger partial charge in [-0.2, -0.15) is 13.2 Å². The number of aryl methyl sites for hydroxylation is 2. The van der Waals surface area contributed by atoms with Crippen LogP contribution < -0.4 is 16.0 Å². The Hall–Kier alpha value is -3.46. The fraction of sp³-hybridized carbons (Fsp3) is 0.393. The monoisotopic (exact) mass is 509 g/mol. The fourth-order valence-electron chi connectivity index (χ4n) is 5.32. The van der Waals surface area contributed by atoms with Gasteiger partial charge in [-0.1, -0.05) is 24.3 Å². The highest BCUT2D eigenvalue weighted by Gasteiger charge is 2.40. The standard InChI is InChI=1S/C28H30F3N5O/c1-27(2)24-19(4-3-5-23(24)35-25(27)37)8-11-22-21(28(29,30)31)16-33-26(36-22)34-20-9-6-17(7-10-20)18-12-14-32-15-13-18/h3-7,9-10,16,18,32H,8,11-15H2,1-2H3,(H,35,37)(H,33,34,36). The average molecular weight is 510 g/mol. The van der Waals surface area contributed by atoms with Crippen molar-refractivity contribution in [2.75, 3.05) is 23.7 Å². The molecule has 1 aromatic heterocycles. The van der Waals surface area contributed by atoms with Gasteiger partial charge >= 0.3 is 6.18 Å². The summed E-state index contributed by atoms with van der Waals surface area (Å²) in [5.41, 5.74) is 2.66. The van der Waals surface area contributed by atoms with Crippen molar-refractivity contribution in [1.82, 2.24) is 15.3 Å². The number of halogens is 3. The molecule has 0 bridgehead atoms. The van der Waals surface area contributed by atoms with Gasteiger partial charge in [0.25, 0.3) is 0 Å². The number of hydrogen-bond acceptors (Lipinski definition) is 5. The molecule has 5 rings (SSSR count). The second kappa shape index (κ2) is 9.78. The van der Waals surface area contributed by atoms with Crippen molar-refractivity contribution in [2.45, 2.75) is 57.0 Å². The highest BCUT2D eigenvalue weighted by molar-refractivity contribution is 6.06. The van der Waals surface area contributed by atoms with E-state index in [9.17, 15) is 18.0 Å². The highest BCUT2D eigenvalue weighted by atomic mass is 19.4. The lowest BCUT2D eigenvalue weighted by Gasteiger charge is -2.23. The molecule has 3 N–H and O–H groups in total. The SMILES string of the molecule is CC1(C)C(=O)Nc2cccc(CCc3nc(Nc4ccc(C5CCNCC5)cc4)ncc3C(F)(F)F)c21. The molecule has 3 aromatic rings. The van der Waals surface area contributed by atoms with Gasteiger partial charge < -0.3 is 16.0 Å². The zero-order valence-corrected chi connectivity index (χ0v) is 20.9. The van der Waals surface area contributed by atoms with E-state index in [1.807, 2.05) is 38.1 Å². The summed E-state index contributed by atoms with van der Waals surface area (Å²) >= 11 is 0. The molecule has 0 unspecified atom stereocenters. The predicted molar refractivity (Wildman–Crippen MR) is 137 cm³/mol. The lowest BCUT2D eigenvalue weighted by atomic mass is 9.82. The molecule has 0 spiro atoms. The van der Waals surface area contributed by atoms with Crippen LogP contribution in [-0.2, 0) is 29.2 Å². The van der Waals surface area contributed by atoms with Crippen molar-refractivity contribution in [3.05, 3.63) is 76.6 Å². The Labute approximate surface area is 214 Å². The van der Waals surface area contributed by atoms with Crippen LogP contribution in [0.1, 0.15) is 60.6 Å². The smallest absolute Gasteiger partial charge is 0.325 e. The van der Waals surface area contributed by atoms with E-state index in [-0.39, 0.29) is 24.0 Å². The largest absolute Gasteiger partial charge is 0.419 e. The molecule has 1 saturated heterocycles. The summed E-state index contributed by atoms with van der Waals surface area (Å²) in [7, 11) is 0. The summed E-state index contributed by atoms with van der Waals surface area (Å²) < 4.78 is 41.4. The van der Waals surface area contributed by atoms with E-state index >= 15 is 0 Å². The van der Waals surface area contributed by atoms with Crippen molar-refractivity contribution < 1.29 is 18.0 Å². The number of piperidine rings is 1. The van der Waals surface area contributed by atoms with Gasteiger partial charge in [-0.05, 0) is 93.4 Å². The Kier molecular flexibility index (Phi) is 6.66. The number of hydrogen-bond donors (Lipinski definition) is 3. The normalized spacial score (nSPS) is 17.4. The third-order valence-electron chi connectivity index (χ3n) is 7.37. The van der Waals surface area contributed by atoms with Crippen LogP contribution in [0.15, 0.2) is 48.7 Å². The molecule has 194 valence electrons. The van der Waals surface area contributed by atoms with Crippen molar-refractivity contribution >= 4 is 23.2 Å². The van der Waals surface area contributed by atoms with Crippen molar-refractivity contribution in [3.8, 4) is 0 Å². The molecule has 37 heavy (non-hydrogen) atoms. The van der Waals surface area contributed by atoms with Gasteiger partial charge in [-0.15, -0.1) is 0 Å². The third-order valence-corrected chi connectivity index (χ3v) is 7.37. The number of amides is 1. The zero-order chi connectivity index (χ0) is 26.2. The molecule has 1 fully saturated rings. The van der Waals surface area contributed by atoms with Crippen LogP contribution in [0.4, 0.5) is 30.5 Å². The zero-order valence-electron chi connectivity index (χ0n) is 20.9. The molecule has 0 aliphatic carbocycles. The maximum Gasteiger partial charge on any atom is 0.419 e. The summed E-state index contributed by atoms with van der Waals surface area (Å²) in [5.74, 6) is 0.512. The molecule has 6 nitrogen and oxygen atoms in total. The molecule has 2 aliphatic heterocycles. The van der Waals surface area contributed by atoms with E-state index in [1.165, 1.54) is 5.56 Å². The lowest BCUT2D eigenvalue weighted by molar-refractivity contribution is -0.138. The van der Waals surface area contributed by atoms with Crippen LogP contribution >= 0.6 is 0 Å². The molecule has 1 amide bonds. The number of benzene rings is 2. The second-order valence-corrected chi connectivity index (χ2v) is 10.2. The quantitative estimate of drug-likeness (QED) is 0.396. The van der Waals surface area contributed by atoms with E-state index in [0.717, 1.165) is 48.9 Å². The minimum absolute atomic E-state index is 0.0570. The van der Waals surface area contributed by atoms with E-state index in [0.29, 0.717) is 18.0 Å². The van der Waals surface area contributed by atoms with E-state index in [2.05, 4.69) is 38.1 Å². The van der Waals surface area contributed by atoms with E-state index < -0.39 is 17.2 Å². The summed E-state index contributed by atoms with van der Waals surface area (Å²) in [6.45, 7) is 5.65. The van der Waals surface area contributed by atoms with E-state index in [1.54, 1.807) is 6.07 Å². The third kappa shape index (κ3) is 5.18. The number of carbonyl (C=O) groups excluding carboxylic acids is 1. The van der Waals surface area contributed by atoms with Crippen molar-refractivity contribution in [3.63, 3.8) is 0 Å². The summed E-state index contributed by atoms with van der Waals surface area (Å²) in [4.78, 5) is 20.6. The van der Waals surface area contributed by atoms with Gasteiger partial charge in [0.05, 0.1) is 16.7 Å². The Morgan fingerprint density at radius 1 is 1.05 bits per heavy atom. The number of rotatable bonds is 6. The minimum atomic E-state index is -4.57. The van der Waals surface area contributed by atoms with Gasteiger partial charge in [0.15, 0.2) is 0 Å². The van der Waals surface area contributed by atoms with Gasteiger partial charge in [0.2, 0.25) is 11.9 Å². The Balaban J connectivity index is 1.37. The number of fused-ring (bicyclic) bond motifs is 1. The molecule has 2 aromatic carbocycles.